The Kier molecular flexibility index (Phi) is 2.94. The minimum absolute atomic E-state index is 0.129. The second-order valence-corrected chi connectivity index (χ2v) is 6.54. The molecule has 19 heavy (non-hydrogen) atoms. The first-order valence-electron chi connectivity index (χ1n) is 5.94. The van der Waals surface area contributed by atoms with Crippen molar-refractivity contribution in [2.24, 2.45) is 0 Å². The third kappa shape index (κ3) is 2.57. The van der Waals surface area contributed by atoms with Crippen molar-refractivity contribution in [3.8, 4) is 5.75 Å². The van der Waals surface area contributed by atoms with Gasteiger partial charge in [0.05, 0.1) is 18.9 Å². The number of fused-ring (bicyclic) bond motifs is 1. The molecule has 2 unspecified atom stereocenters. The minimum atomic E-state index is -3.35. The van der Waals surface area contributed by atoms with Gasteiger partial charge in [0.1, 0.15) is 16.7 Å². The van der Waals surface area contributed by atoms with Gasteiger partial charge in [0.15, 0.2) is 15.9 Å². The Bertz CT molecular complexity index is 608. The Balaban J connectivity index is 1.71. The van der Waals surface area contributed by atoms with Crippen molar-refractivity contribution in [3.05, 3.63) is 24.3 Å². The first-order valence-corrected chi connectivity index (χ1v) is 7.59. The lowest BCUT2D eigenvalue weighted by Crippen LogP contribution is -2.43. The van der Waals surface area contributed by atoms with Crippen LogP contribution in [0, 0.1) is 0 Å². The number of hydrogen-bond donors (Lipinski definition) is 1. The summed E-state index contributed by atoms with van der Waals surface area (Å²) in [6.07, 6.45) is -0.949. The van der Waals surface area contributed by atoms with E-state index in [9.17, 15) is 13.2 Å². The SMILES string of the molecule is O=C(NCC1CS(=O)(=O)c2ccccc2O1)C1CO1. The Morgan fingerprint density at radius 1 is 1.37 bits per heavy atom. The van der Waals surface area contributed by atoms with Gasteiger partial charge in [0.25, 0.3) is 5.91 Å². The van der Waals surface area contributed by atoms with Crippen molar-refractivity contribution in [2.45, 2.75) is 17.1 Å². The van der Waals surface area contributed by atoms with E-state index >= 15 is 0 Å². The molecular weight excluding hydrogens is 270 g/mol. The van der Waals surface area contributed by atoms with Crippen LogP contribution in [0.2, 0.25) is 0 Å². The Hall–Kier alpha value is -1.60. The van der Waals surface area contributed by atoms with Crippen LogP contribution in [0.15, 0.2) is 29.2 Å². The molecule has 102 valence electrons. The molecule has 0 saturated carbocycles. The van der Waals surface area contributed by atoms with Gasteiger partial charge in [-0.2, -0.15) is 0 Å². The number of rotatable bonds is 3. The summed E-state index contributed by atoms with van der Waals surface area (Å²) in [5.41, 5.74) is 0. The van der Waals surface area contributed by atoms with Gasteiger partial charge in [-0.05, 0) is 12.1 Å². The van der Waals surface area contributed by atoms with E-state index in [0.29, 0.717) is 12.4 Å². The highest BCUT2D eigenvalue weighted by atomic mass is 32.2. The van der Waals surface area contributed by atoms with Crippen LogP contribution < -0.4 is 10.1 Å². The zero-order valence-corrected chi connectivity index (χ0v) is 10.9. The number of hydrogen-bond acceptors (Lipinski definition) is 5. The molecule has 2 atom stereocenters. The highest BCUT2D eigenvalue weighted by Crippen LogP contribution is 2.30. The number of epoxide rings is 1. The molecule has 1 saturated heterocycles. The number of carbonyl (C=O) groups is 1. The van der Waals surface area contributed by atoms with Crippen molar-refractivity contribution in [3.63, 3.8) is 0 Å². The summed E-state index contributed by atoms with van der Waals surface area (Å²) >= 11 is 0. The molecule has 0 aliphatic carbocycles. The van der Waals surface area contributed by atoms with Crippen LogP contribution in [-0.2, 0) is 19.4 Å². The first-order chi connectivity index (χ1) is 9.06. The first kappa shape index (κ1) is 12.4. The third-order valence-electron chi connectivity index (χ3n) is 3.01. The standard InChI is InChI=1S/C12H13NO5S/c14-12(10-6-17-10)13-5-8-7-19(15,16)11-4-2-1-3-9(11)18-8/h1-4,8,10H,5-7H2,(H,13,14). The maximum absolute atomic E-state index is 12.1. The summed E-state index contributed by atoms with van der Waals surface area (Å²) in [6, 6.07) is 6.52. The number of carbonyl (C=O) groups excluding carboxylic acids is 1. The Morgan fingerprint density at radius 2 is 2.11 bits per heavy atom. The summed E-state index contributed by atoms with van der Waals surface area (Å²) in [5, 5.41) is 2.63. The quantitative estimate of drug-likeness (QED) is 0.772. The van der Waals surface area contributed by atoms with Crippen LogP contribution in [-0.4, -0.2) is 45.4 Å². The van der Waals surface area contributed by atoms with E-state index in [2.05, 4.69) is 5.32 Å². The summed E-state index contributed by atoms with van der Waals surface area (Å²) < 4.78 is 34.5. The molecule has 0 bridgehead atoms. The van der Waals surface area contributed by atoms with E-state index in [1.165, 1.54) is 6.07 Å². The molecule has 2 aliphatic rings. The number of amides is 1. The van der Waals surface area contributed by atoms with E-state index in [-0.39, 0.29) is 29.2 Å². The fourth-order valence-corrected chi connectivity index (χ4v) is 3.54. The second kappa shape index (κ2) is 4.50. The van der Waals surface area contributed by atoms with Crippen molar-refractivity contribution >= 4 is 15.7 Å². The van der Waals surface area contributed by atoms with Crippen LogP contribution in [0.25, 0.3) is 0 Å². The number of ether oxygens (including phenoxy) is 2. The molecule has 0 radical (unpaired) electrons. The van der Waals surface area contributed by atoms with Crippen LogP contribution in [0.1, 0.15) is 0 Å². The number of benzene rings is 1. The molecule has 0 aromatic heterocycles. The lowest BCUT2D eigenvalue weighted by atomic mass is 10.3. The highest BCUT2D eigenvalue weighted by molar-refractivity contribution is 7.91. The van der Waals surface area contributed by atoms with Crippen molar-refractivity contribution in [1.82, 2.24) is 5.32 Å². The van der Waals surface area contributed by atoms with Crippen molar-refractivity contribution < 1.29 is 22.7 Å². The third-order valence-corrected chi connectivity index (χ3v) is 4.83. The summed E-state index contributed by atoms with van der Waals surface area (Å²) in [5.74, 6) is -0.00829. The molecule has 1 amide bonds. The molecule has 7 heteroatoms. The molecule has 6 nitrogen and oxygen atoms in total. The molecule has 1 N–H and O–H groups in total. The van der Waals surface area contributed by atoms with E-state index < -0.39 is 15.9 Å². The maximum atomic E-state index is 12.1. The lowest BCUT2D eigenvalue weighted by Gasteiger charge is -2.25. The van der Waals surface area contributed by atoms with E-state index in [4.69, 9.17) is 9.47 Å². The maximum Gasteiger partial charge on any atom is 0.251 e. The predicted molar refractivity (Wildman–Crippen MR) is 65.7 cm³/mol. The molecule has 1 fully saturated rings. The zero-order chi connectivity index (χ0) is 13.5. The molecule has 3 rings (SSSR count). The predicted octanol–water partition coefficient (Wildman–Crippen LogP) is -0.264. The fourth-order valence-electron chi connectivity index (χ4n) is 1.98. The monoisotopic (exact) mass is 283 g/mol. The largest absolute Gasteiger partial charge is 0.486 e. The summed E-state index contributed by atoms with van der Waals surface area (Å²) in [6.45, 7) is 0.588. The second-order valence-electron chi connectivity index (χ2n) is 4.54. The number of para-hydroxylation sites is 1. The number of nitrogens with one attached hydrogen (secondary N) is 1. The van der Waals surface area contributed by atoms with Crippen LogP contribution in [0.4, 0.5) is 0 Å². The van der Waals surface area contributed by atoms with Gasteiger partial charge < -0.3 is 14.8 Å². The summed E-state index contributed by atoms with van der Waals surface area (Å²) in [4.78, 5) is 11.6. The topological polar surface area (TPSA) is 85.0 Å². The average Bonchev–Trinajstić information content (AvgIpc) is 3.19. The van der Waals surface area contributed by atoms with E-state index in [0.717, 1.165) is 0 Å². The zero-order valence-electron chi connectivity index (χ0n) is 10.0. The van der Waals surface area contributed by atoms with Gasteiger partial charge in [0.2, 0.25) is 0 Å². The van der Waals surface area contributed by atoms with Crippen LogP contribution >= 0.6 is 0 Å². The van der Waals surface area contributed by atoms with Gasteiger partial charge in [-0.1, -0.05) is 12.1 Å². The van der Waals surface area contributed by atoms with Crippen LogP contribution in [0.3, 0.4) is 0 Å². The van der Waals surface area contributed by atoms with Gasteiger partial charge in [-0.3, -0.25) is 4.79 Å². The van der Waals surface area contributed by atoms with E-state index in [1.807, 2.05) is 0 Å². The fraction of sp³-hybridized carbons (Fsp3) is 0.417. The Morgan fingerprint density at radius 3 is 2.84 bits per heavy atom. The summed E-state index contributed by atoms with van der Waals surface area (Å²) in [7, 11) is -3.35. The average molecular weight is 283 g/mol. The number of sulfone groups is 1. The van der Waals surface area contributed by atoms with Crippen molar-refractivity contribution in [2.75, 3.05) is 18.9 Å². The smallest absolute Gasteiger partial charge is 0.251 e. The molecule has 1 aromatic rings. The van der Waals surface area contributed by atoms with Crippen molar-refractivity contribution in [1.29, 1.82) is 0 Å². The molecule has 0 spiro atoms. The molecule has 2 aliphatic heterocycles. The van der Waals surface area contributed by atoms with Crippen LogP contribution in [0.5, 0.6) is 5.75 Å². The normalized spacial score (nSPS) is 26.9. The minimum Gasteiger partial charge on any atom is -0.486 e. The molecular formula is C12H13NO5S. The highest BCUT2D eigenvalue weighted by Gasteiger charge is 2.34. The molecule has 1 aromatic carbocycles. The van der Waals surface area contributed by atoms with Gasteiger partial charge in [-0.25, -0.2) is 8.42 Å². The molecule has 2 heterocycles. The van der Waals surface area contributed by atoms with E-state index in [1.54, 1.807) is 18.2 Å². The van der Waals surface area contributed by atoms with Gasteiger partial charge >= 0.3 is 0 Å². The van der Waals surface area contributed by atoms with Gasteiger partial charge in [-0.15, -0.1) is 0 Å². The Labute approximate surface area is 110 Å². The van der Waals surface area contributed by atoms with Gasteiger partial charge in [0, 0.05) is 0 Å². The lowest BCUT2D eigenvalue weighted by molar-refractivity contribution is -0.122.